The van der Waals surface area contributed by atoms with E-state index in [2.05, 4.69) is 52.0 Å². The third-order valence-electron chi connectivity index (χ3n) is 10.4. The molecule has 4 aromatic heterocycles. The van der Waals surface area contributed by atoms with Gasteiger partial charge in [-0.1, -0.05) is 88.4 Å². The third-order valence-corrected chi connectivity index (χ3v) is 10.4. The standard InChI is InChI=1S/C47H41N3O2/c1-25(2)35-23-31(29-13-8-7-9-14-29)24-36(26(3)4)42(35)50-43-32-17-12-15-30(32)20-22-37(43)48-46(50)34-21-19-27(5)39-41-44(52-45(34)39)28(6)40-33-16-10-11-18-38(33)51-47(40)49-41/h7-11,13-14,16,18-26H,12,15,17H2,1-6H3/i5D3,6D3,15D2,17D2. The van der Waals surface area contributed by atoms with Crippen LogP contribution in [0, 0.1) is 13.7 Å². The van der Waals surface area contributed by atoms with Crippen molar-refractivity contribution in [1.82, 2.24) is 14.5 Å². The lowest BCUT2D eigenvalue weighted by Crippen LogP contribution is -2.10. The van der Waals surface area contributed by atoms with Crippen LogP contribution in [0.2, 0.25) is 0 Å². The number of hydrogen-bond acceptors (Lipinski definition) is 4. The first-order valence-electron chi connectivity index (χ1n) is 22.7. The van der Waals surface area contributed by atoms with Crippen molar-refractivity contribution in [2.24, 2.45) is 0 Å². The molecule has 5 nitrogen and oxygen atoms in total. The van der Waals surface area contributed by atoms with Crippen molar-refractivity contribution < 1.29 is 22.5 Å². The summed E-state index contributed by atoms with van der Waals surface area (Å²) in [5.41, 5.74) is 6.21. The summed E-state index contributed by atoms with van der Waals surface area (Å²) >= 11 is 0. The summed E-state index contributed by atoms with van der Waals surface area (Å²) in [7, 11) is 0. The molecule has 5 aromatic carbocycles. The van der Waals surface area contributed by atoms with Gasteiger partial charge in [-0.05, 0) is 114 Å². The number of fused-ring (bicyclic) bond motifs is 9. The van der Waals surface area contributed by atoms with Crippen LogP contribution in [0.1, 0.15) is 93.0 Å². The van der Waals surface area contributed by atoms with Crippen molar-refractivity contribution in [3.8, 4) is 28.2 Å². The van der Waals surface area contributed by atoms with Gasteiger partial charge in [0.1, 0.15) is 22.5 Å². The first-order chi connectivity index (χ1) is 29.2. The molecule has 0 N–H and O–H groups in total. The maximum atomic E-state index is 9.33. The van der Waals surface area contributed by atoms with E-state index in [0.717, 1.165) is 27.9 Å². The van der Waals surface area contributed by atoms with Crippen LogP contribution in [-0.4, -0.2) is 14.5 Å². The Kier molecular flexibility index (Phi) is 4.89. The van der Waals surface area contributed by atoms with Crippen LogP contribution in [0.5, 0.6) is 0 Å². The van der Waals surface area contributed by atoms with Gasteiger partial charge in [0.05, 0.1) is 33.1 Å². The van der Waals surface area contributed by atoms with Crippen LogP contribution in [0.15, 0.2) is 99.8 Å². The van der Waals surface area contributed by atoms with E-state index in [1.54, 1.807) is 42.5 Å². The number of aryl methyl sites for hydroxylation is 4. The van der Waals surface area contributed by atoms with Crippen molar-refractivity contribution in [3.05, 3.63) is 124 Å². The average Bonchev–Trinajstić information content (AvgIpc) is 3.92. The molecule has 0 unspecified atom stereocenters. The molecule has 0 spiro atoms. The molecule has 1 aliphatic carbocycles. The fourth-order valence-electron chi connectivity index (χ4n) is 7.94. The molecule has 0 atom stereocenters. The maximum absolute atomic E-state index is 9.33. The highest BCUT2D eigenvalue weighted by atomic mass is 16.3. The third kappa shape index (κ3) is 4.41. The number of benzene rings is 5. The quantitative estimate of drug-likeness (QED) is 0.180. The number of aromatic nitrogens is 3. The molecule has 0 aliphatic heterocycles. The normalized spacial score (nSPS) is 18.6. The summed E-state index contributed by atoms with van der Waals surface area (Å²) in [4.78, 5) is 10.1. The number of furan rings is 2. The van der Waals surface area contributed by atoms with Gasteiger partial charge in [-0.25, -0.2) is 9.97 Å². The van der Waals surface area contributed by atoms with Gasteiger partial charge in [-0.3, -0.25) is 4.57 Å². The lowest BCUT2D eigenvalue weighted by atomic mass is 9.88. The van der Waals surface area contributed by atoms with Crippen LogP contribution in [0.3, 0.4) is 0 Å². The monoisotopic (exact) mass is 689 g/mol. The zero-order valence-electron chi connectivity index (χ0n) is 39.2. The summed E-state index contributed by atoms with van der Waals surface area (Å²) in [6.45, 7) is 2.90. The zero-order chi connectivity index (χ0) is 44.0. The second-order valence-electron chi connectivity index (χ2n) is 14.2. The number of nitrogens with zero attached hydrogens (tertiary/aromatic N) is 3. The largest absolute Gasteiger partial charge is 0.453 e. The number of imidazole rings is 1. The molecular weight excluding hydrogens is 639 g/mol. The molecule has 0 fully saturated rings. The molecule has 52 heavy (non-hydrogen) atoms. The van der Waals surface area contributed by atoms with E-state index in [-0.39, 0.29) is 73.1 Å². The van der Waals surface area contributed by atoms with Crippen molar-refractivity contribution >= 4 is 55.2 Å². The molecule has 5 heteroatoms. The molecule has 256 valence electrons. The van der Waals surface area contributed by atoms with Crippen molar-refractivity contribution in [3.63, 3.8) is 0 Å². The molecule has 0 radical (unpaired) electrons. The number of hydrogen-bond donors (Lipinski definition) is 0. The highest BCUT2D eigenvalue weighted by Crippen LogP contribution is 2.46. The van der Waals surface area contributed by atoms with E-state index in [1.807, 2.05) is 22.8 Å². The Bertz CT molecular complexity index is 3290. The predicted octanol–water partition coefficient (Wildman–Crippen LogP) is 12.9. The van der Waals surface area contributed by atoms with E-state index in [4.69, 9.17) is 29.8 Å². The van der Waals surface area contributed by atoms with Crippen LogP contribution >= 0.6 is 0 Å². The van der Waals surface area contributed by atoms with Gasteiger partial charge in [0.15, 0.2) is 5.58 Å². The Balaban J connectivity index is 1.41. The zero-order valence-corrected chi connectivity index (χ0v) is 29.2. The minimum atomic E-state index is -2.75. The smallest absolute Gasteiger partial charge is 0.228 e. The lowest BCUT2D eigenvalue weighted by Gasteiger charge is -2.25. The van der Waals surface area contributed by atoms with Crippen LogP contribution in [0.25, 0.3) is 83.4 Å². The Morgan fingerprint density at radius 3 is 2.31 bits per heavy atom. The van der Waals surface area contributed by atoms with Crippen molar-refractivity contribution in [1.29, 1.82) is 0 Å². The summed E-state index contributed by atoms with van der Waals surface area (Å²) in [5.74, 6) is 0.132. The van der Waals surface area contributed by atoms with Gasteiger partial charge in [0, 0.05) is 24.7 Å². The second kappa shape index (κ2) is 11.4. The van der Waals surface area contributed by atoms with E-state index in [0.29, 0.717) is 27.6 Å². The summed E-state index contributed by atoms with van der Waals surface area (Å²) in [6.07, 6.45) is -4.47. The molecule has 10 rings (SSSR count). The van der Waals surface area contributed by atoms with Gasteiger partial charge in [0.25, 0.3) is 0 Å². The summed E-state index contributed by atoms with van der Waals surface area (Å²) < 4.78 is 104. The van der Waals surface area contributed by atoms with E-state index in [9.17, 15) is 2.74 Å². The van der Waals surface area contributed by atoms with E-state index in [1.165, 1.54) is 6.07 Å². The van der Waals surface area contributed by atoms with Crippen molar-refractivity contribution in [2.45, 2.75) is 72.4 Å². The molecule has 0 amide bonds. The minimum Gasteiger partial charge on any atom is -0.453 e. The van der Waals surface area contributed by atoms with Crippen LogP contribution in [0.4, 0.5) is 0 Å². The molecule has 0 bridgehead atoms. The number of para-hydroxylation sites is 1. The molecule has 0 saturated heterocycles. The summed E-state index contributed by atoms with van der Waals surface area (Å²) in [5, 5.41) is 0.837. The highest BCUT2D eigenvalue weighted by molar-refractivity contribution is 6.16. The Morgan fingerprint density at radius 2 is 1.54 bits per heavy atom. The Labute approximate surface area is 317 Å². The molecule has 4 heterocycles. The fourth-order valence-corrected chi connectivity index (χ4v) is 7.94. The topological polar surface area (TPSA) is 57.0 Å². The highest BCUT2D eigenvalue weighted by Gasteiger charge is 2.29. The minimum absolute atomic E-state index is 0.0108. The first-order valence-corrected chi connectivity index (χ1v) is 17.7. The second-order valence-corrected chi connectivity index (χ2v) is 14.2. The molecule has 0 saturated carbocycles. The van der Waals surface area contributed by atoms with Gasteiger partial charge in [-0.2, -0.15) is 0 Å². The van der Waals surface area contributed by atoms with E-state index < -0.39 is 32.9 Å². The van der Waals surface area contributed by atoms with Gasteiger partial charge >= 0.3 is 0 Å². The number of pyridine rings is 1. The Morgan fingerprint density at radius 1 is 0.750 bits per heavy atom. The maximum Gasteiger partial charge on any atom is 0.228 e. The van der Waals surface area contributed by atoms with E-state index >= 15 is 0 Å². The van der Waals surface area contributed by atoms with Crippen molar-refractivity contribution in [2.75, 3.05) is 0 Å². The molecule has 9 aromatic rings. The molecule has 1 aliphatic rings. The first kappa shape index (κ1) is 22.3. The van der Waals surface area contributed by atoms with Crippen LogP contribution < -0.4 is 0 Å². The summed E-state index contributed by atoms with van der Waals surface area (Å²) in [6, 6.07) is 27.7. The predicted molar refractivity (Wildman–Crippen MR) is 214 cm³/mol. The SMILES string of the molecule is [2H]C([2H])([2H])c1c2oc3c(-c4nc5ccc6c(c5n4-c4c(C(C)C)cc(-c5ccccc5)cc4C(C)C)C([2H])([2H])CC6([2H])[2H])ccc(C([2H])([2H])[2H])c3c2nc2oc3ccccc3c12. The average molecular weight is 690 g/mol. The van der Waals surface area contributed by atoms with Crippen LogP contribution in [-0.2, 0) is 12.7 Å². The lowest BCUT2D eigenvalue weighted by molar-refractivity contribution is 0.651. The van der Waals surface area contributed by atoms with Gasteiger partial charge in [-0.15, -0.1) is 0 Å². The molecular formula is C47H41N3O2. The Hall–Kier alpha value is -5.68. The van der Waals surface area contributed by atoms with Gasteiger partial charge in [0.2, 0.25) is 5.71 Å². The fraction of sp³-hybridized carbons (Fsp3) is 0.234. The van der Waals surface area contributed by atoms with Gasteiger partial charge < -0.3 is 8.83 Å². The number of rotatable bonds is 5.